The van der Waals surface area contributed by atoms with E-state index in [9.17, 15) is 9.18 Å². The van der Waals surface area contributed by atoms with Crippen molar-refractivity contribution >= 4 is 23.2 Å². The summed E-state index contributed by atoms with van der Waals surface area (Å²) in [5.41, 5.74) is 2.87. The quantitative estimate of drug-likeness (QED) is 0.622. The van der Waals surface area contributed by atoms with E-state index in [1.54, 1.807) is 27.9 Å². The minimum Gasteiger partial charge on any atom is -0.444 e. The van der Waals surface area contributed by atoms with Crippen LogP contribution in [0.25, 0.3) is 22.8 Å². The maximum atomic E-state index is 14.7. The molecule has 2 aromatic heterocycles. The number of benzene rings is 1. The average molecular weight is 408 g/mol. The van der Waals surface area contributed by atoms with Crippen LogP contribution in [-0.2, 0) is 4.74 Å². The van der Waals surface area contributed by atoms with Gasteiger partial charge in [-0.1, -0.05) is 18.7 Å². The highest BCUT2D eigenvalue weighted by Gasteiger charge is 2.37. The number of nitrogens with zero attached hydrogens (tertiary/aromatic N) is 4. The van der Waals surface area contributed by atoms with E-state index < -0.39 is 5.60 Å². The smallest absolute Gasteiger partial charge is 0.410 e. The molecule has 3 heterocycles. The summed E-state index contributed by atoms with van der Waals surface area (Å²) in [7, 11) is 0. The van der Waals surface area contributed by atoms with Crippen LogP contribution < -0.4 is 0 Å². The average Bonchev–Trinajstić information content (AvgIpc) is 2.98. The number of carbonyl (C=O) groups is 1. The lowest BCUT2D eigenvalue weighted by Crippen LogP contribution is -2.50. The summed E-state index contributed by atoms with van der Waals surface area (Å²) in [6.07, 6.45) is 3.07. The second-order valence-corrected chi connectivity index (χ2v) is 8.64. The van der Waals surface area contributed by atoms with Gasteiger partial charge in [0, 0.05) is 25.2 Å². The normalized spacial score (nSPS) is 14.6. The Balaban J connectivity index is 1.73. The number of amides is 1. The number of hydrogen-bond donors (Lipinski definition) is 0. The summed E-state index contributed by atoms with van der Waals surface area (Å²) < 4.78 is 21.7. The van der Waals surface area contributed by atoms with Gasteiger partial charge < -0.3 is 9.64 Å². The molecule has 0 saturated carbocycles. The van der Waals surface area contributed by atoms with Gasteiger partial charge >= 0.3 is 6.09 Å². The topological polar surface area (TPSA) is 60.3 Å². The molecule has 0 aliphatic carbocycles. The Kier molecular flexibility index (Phi) is 4.84. The van der Waals surface area contributed by atoms with Crippen LogP contribution in [0, 0.1) is 12.7 Å². The molecule has 156 valence electrons. The summed E-state index contributed by atoms with van der Waals surface area (Å²) in [6, 6.07) is 6.89. The third-order valence-corrected chi connectivity index (χ3v) is 5.10. The molecule has 1 aliphatic rings. The van der Waals surface area contributed by atoms with Crippen LogP contribution in [0.2, 0.25) is 0 Å². The number of fused-ring (bicyclic) bond motifs is 1. The Morgan fingerprint density at radius 2 is 2.03 bits per heavy atom. The van der Waals surface area contributed by atoms with E-state index in [-0.39, 0.29) is 17.8 Å². The monoisotopic (exact) mass is 408 g/mol. The second kappa shape index (κ2) is 7.23. The predicted octanol–water partition coefficient (Wildman–Crippen LogP) is 4.85. The molecule has 0 bridgehead atoms. The van der Waals surface area contributed by atoms with Gasteiger partial charge in [0.25, 0.3) is 0 Å². The number of carbonyl (C=O) groups excluding carboxylic acids is 1. The van der Waals surface area contributed by atoms with Crippen molar-refractivity contribution in [3.8, 4) is 5.69 Å². The van der Waals surface area contributed by atoms with Crippen molar-refractivity contribution in [1.29, 1.82) is 0 Å². The number of likely N-dealkylation sites (tertiary alicyclic amines) is 1. The number of aryl methyl sites for hydroxylation is 1. The van der Waals surface area contributed by atoms with E-state index in [1.807, 2.05) is 39.8 Å². The molecule has 1 amide bonds. The molecule has 1 saturated heterocycles. The maximum absolute atomic E-state index is 14.7. The Hall–Kier alpha value is -3.22. The van der Waals surface area contributed by atoms with Gasteiger partial charge in [0.05, 0.1) is 11.1 Å². The Bertz CT molecular complexity index is 1140. The summed E-state index contributed by atoms with van der Waals surface area (Å²) >= 11 is 0. The standard InChI is InChI=1S/C23H25FN4O2/c1-6-15-9-10-25-21-19(15)20(16-12-27(13-16)22(29)30-23(3,4)5)26-28(21)18-8-7-14(2)11-17(18)24/h6-11,16H,1,12-13H2,2-5H3. The van der Waals surface area contributed by atoms with Crippen molar-refractivity contribution in [2.24, 2.45) is 0 Å². The number of halogens is 1. The summed E-state index contributed by atoms with van der Waals surface area (Å²) in [6.45, 7) is 12.2. The molecule has 0 atom stereocenters. The van der Waals surface area contributed by atoms with E-state index >= 15 is 0 Å². The SMILES string of the molecule is C=Cc1ccnc2c1c(C1CN(C(=O)OC(C)(C)C)C1)nn2-c1ccc(C)cc1F. The van der Waals surface area contributed by atoms with Crippen molar-refractivity contribution < 1.29 is 13.9 Å². The van der Waals surface area contributed by atoms with Crippen molar-refractivity contribution in [2.45, 2.75) is 39.2 Å². The van der Waals surface area contributed by atoms with Crippen molar-refractivity contribution in [1.82, 2.24) is 19.7 Å². The fourth-order valence-electron chi connectivity index (χ4n) is 3.63. The first kappa shape index (κ1) is 20.1. The molecule has 0 unspecified atom stereocenters. The van der Waals surface area contributed by atoms with Crippen molar-refractivity contribution in [2.75, 3.05) is 13.1 Å². The largest absolute Gasteiger partial charge is 0.444 e. The van der Waals surface area contributed by atoms with E-state index in [1.165, 1.54) is 6.07 Å². The molecule has 0 radical (unpaired) electrons. The van der Waals surface area contributed by atoms with Gasteiger partial charge in [-0.25, -0.2) is 18.9 Å². The molecular formula is C23H25FN4O2. The first-order valence-corrected chi connectivity index (χ1v) is 9.92. The van der Waals surface area contributed by atoms with Crippen molar-refractivity contribution in [3.63, 3.8) is 0 Å². The highest BCUT2D eigenvalue weighted by molar-refractivity contribution is 5.89. The fourth-order valence-corrected chi connectivity index (χ4v) is 3.63. The van der Waals surface area contributed by atoms with Crippen LogP contribution in [0.15, 0.2) is 37.0 Å². The highest BCUT2D eigenvalue weighted by Crippen LogP contribution is 2.35. The molecule has 0 N–H and O–H groups in total. The number of hydrogen-bond acceptors (Lipinski definition) is 4. The Morgan fingerprint density at radius 3 is 2.67 bits per heavy atom. The zero-order chi connectivity index (χ0) is 21.6. The number of pyridine rings is 1. The third kappa shape index (κ3) is 3.56. The predicted molar refractivity (Wildman–Crippen MR) is 114 cm³/mol. The highest BCUT2D eigenvalue weighted by atomic mass is 19.1. The van der Waals surface area contributed by atoms with E-state index in [2.05, 4.69) is 11.6 Å². The zero-order valence-electron chi connectivity index (χ0n) is 17.6. The third-order valence-electron chi connectivity index (χ3n) is 5.10. The Morgan fingerprint density at radius 1 is 1.30 bits per heavy atom. The minimum absolute atomic E-state index is 0.0117. The van der Waals surface area contributed by atoms with Gasteiger partial charge in [-0.05, 0) is 57.0 Å². The second-order valence-electron chi connectivity index (χ2n) is 8.64. The molecule has 4 rings (SSSR count). The first-order chi connectivity index (χ1) is 14.2. The van der Waals surface area contributed by atoms with E-state index in [0.717, 1.165) is 22.2 Å². The van der Waals surface area contributed by atoms with Crippen LogP contribution in [-0.4, -0.2) is 44.4 Å². The van der Waals surface area contributed by atoms with Gasteiger partial charge in [-0.15, -0.1) is 0 Å². The minimum atomic E-state index is -0.542. The van der Waals surface area contributed by atoms with Gasteiger partial charge in [-0.2, -0.15) is 5.10 Å². The molecular weight excluding hydrogens is 383 g/mol. The lowest BCUT2D eigenvalue weighted by molar-refractivity contribution is 0.00795. The van der Waals surface area contributed by atoms with Crippen molar-refractivity contribution in [3.05, 3.63) is 59.7 Å². The Labute approximate surface area is 175 Å². The van der Waals surface area contributed by atoms with Crippen LogP contribution in [0.4, 0.5) is 9.18 Å². The zero-order valence-corrected chi connectivity index (χ0v) is 17.6. The van der Waals surface area contributed by atoms with Crippen LogP contribution in [0.1, 0.15) is 43.5 Å². The van der Waals surface area contributed by atoms with Gasteiger partial charge in [0.15, 0.2) is 5.65 Å². The van der Waals surface area contributed by atoms with Crippen LogP contribution in [0.5, 0.6) is 0 Å². The molecule has 6 nitrogen and oxygen atoms in total. The molecule has 7 heteroatoms. The molecule has 3 aromatic rings. The number of rotatable bonds is 3. The lowest BCUT2D eigenvalue weighted by atomic mass is 9.93. The molecule has 1 aromatic carbocycles. The molecule has 1 aliphatic heterocycles. The van der Waals surface area contributed by atoms with Crippen LogP contribution >= 0.6 is 0 Å². The molecule has 0 spiro atoms. The van der Waals surface area contributed by atoms with E-state index in [4.69, 9.17) is 9.84 Å². The fraction of sp³-hybridized carbons (Fsp3) is 0.348. The van der Waals surface area contributed by atoms with Gasteiger partial charge in [0.1, 0.15) is 17.1 Å². The summed E-state index contributed by atoms with van der Waals surface area (Å²) in [4.78, 5) is 18.4. The van der Waals surface area contributed by atoms with Gasteiger partial charge in [-0.3, -0.25) is 0 Å². The summed E-state index contributed by atoms with van der Waals surface area (Å²) in [5, 5.41) is 5.57. The summed E-state index contributed by atoms with van der Waals surface area (Å²) in [5.74, 6) is -0.349. The first-order valence-electron chi connectivity index (χ1n) is 9.92. The van der Waals surface area contributed by atoms with Crippen LogP contribution in [0.3, 0.4) is 0 Å². The lowest BCUT2D eigenvalue weighted by Gasteiger charge is -2.39. The van der Waals surface area contributed by atoms with E-state index in [0.29, 0.717) is 24.4 Å². The number of ether oxygens (including phenoxy) is 1. The molecule has 30 heavy (non-hydrogen) atoms. The number of aromatic nitrogens is 3. The molecule has 1 fully saturated rings. The van der Waals surface area contributed by atoms with Gasteiger partial charge in [0.2, 0.25) is 0 Å². The maximum Gasteiger partial charge on any atom is 0.410 e.